The zero-order chi connectivity index (χ0) is 9.42. The van der Waals surface area contributed by atoms with Gasteiger partial charge in [-0.1, -0.05) is 12.1 Å². The van der Waals surface area contributed by atoms with Gasteiger partial charge in [0.15, 0.2) is 5.76 Å². The highest BCUT2D eigenvalue weighted by atomic mass is 16.6. The third-order valence-corrected chi connectivity index (χ3v) is 1.86. The average molecular weight is 180 g/mol. The summed E-state index contributed by atoms with van der Waals surface area (Å²) in [5.74, 6) is -0.543. The second-order valence-electron chi connectivity index (χ2n) is 2.70. The van der Waals surface area contributed by atoms with E-state index in [1.807, 2.05) is 0 Å². The van der Waals surface area contributed by atoms with E-state index in [1.54, 1.807) is 24.3 Å². The number of hydrogen-bond donors (Lipinski definition) is 3. The molecular weight excluding hydrogens is 172 g/mol. The van der Waals surface area contributed by atoms with Crippen LogP contribution >= 0.6 is 0 Å². The van der Waals surface area contributed by atoms with Crippen molar-refractivity contribution >= 4 is 5.76 Å². The highest BCUT2D eigenvalue weighted by Gasteiger charge is 2.26. The molecule has 1 aromatic carbocycles. The Morgan fingerprint density at radius 3 is 2.62 bits per heavy atom. The Bertz CT molecular complexity index is 370. The number of para-hydroxylation sites is 1. The topological polar surface area (TPSA) is 69.9 Å². The Morgan fingerprint density at radius 2 is 1.85 bits per heavy atom. The van der Waals surface area contributed by atoms with Gasteiger partial charge in [-0.15, -0.1) is 0 Å². The molecule has 4 nitrogen and oxygen atoms in total. The Hall–Kier alpha value is -1.68. The van der Waals surface area contributed by atoms with E-state index in [4.69, 9.17) is 14.9 Å². The Balaban J connectivity index is 2.59. The van der Waals surface area contributed by atoms with Crippen molar-refractivity contribution in [1.29, 1.82) is 0 Å². The quantitative estimate of drug-likeness (QED) is 0.560. The zero-order valence-corrected chi connectivity index (χ0v) is 6.64. The van der Waals surface area contributed by atoms with Gasteiger partial charge in [0.25, 0.3) is 6.29 Å². The van der Waals surface area contributed by atoms with E-state index in [0.29, 0.717) is 11.3 Å². The fourth-order valence-electron chi connectivity index (χ4n) is 1.20. The lowest BCUT2D eigenvalue weighted by molar-refractivity contribution is -0.0216. The second kappa shape index (κ2) is 2.67. The average Bonchev–Trinajstić information content (AvgIpc) is 2.15. The molecule has 1 heterocycles. The maximum Gasteiger partial charge on any atom is 0.259 e. The van der Waals surface area contributed by atoms with Gasteiger partial charge in [-0.3, -0.25) is 0 Å². The van der Waals surface area contributed by atoms with Crippen molar-refractivity contribution in [2.45, 2.75) is 6.29 Å². The van der Waals surface area contributed by atoms with Crippen molar-refractivity contribution in [1.82, 2.24) is 0 Å². The first-order valence-corrected chi connectivity index (χ1v) is 3.76. The smallest absolute Gasteiger partial charge is 0.259 e. The molecule has 1 aliphatic heterocycles. The number of aliphatic hydroxyl groups excluding tert-OH is 3. The number of ether oxygens (including phenoxy) is 1. The second-order valence-corrected chi connectivity index (χ2v) is 2.70. The van der Waals surface area contributed by atoms with Crippen molar-refractivity contribution in [2.24, 2.45) is 0 Å². The SMILES string of the molecule is OC1=C(O)C(O)Oc2ccccc21. The summed E-state index contributed by atoms with van der Waals surface area (Å²) >= 11 is 0. The van der Waals surface area contributed by atoms with Crippen LogP contribution in [0.4, 0.5) is 0 Å². The monoisotopic (exact) mass is 180 g/mol. The lowest BCUT2D eigenvalue weighted by Crippen LogP contribution is -2.23. The Labute approximate surface area is 74.3 Å². The molecule has 0 amide bonds. The van der Waals surface area contributed by atoms with Gasteiger partial charge in [0.05, 0.1) is 5.56 Å². The van der Waals surface area contributed by atoms with Crippen LogP contribution in [0.5, 0.6) is 5.75 Å². The van der Waals surface area contributed by atoms with E-state index >= 15 is 0 Å². The molecule has 0 aromatic heterocycles. The number of benzene rings is 1. The first-order valence-electron chi connectivity index (χ1n) is 3.76. The molecule has 1 aliphatic rings. The summed E-state index contributed by atoms with van der Waals surface area (Å²) in [6, 6.07) is 6.60. The lowest BCUT2D eigenvalue weighted by atomic mass is 10.1. The van der Waals surface area contributed by atoms with E-state index in [9.17, 15) is 5.11 Å². The summed E-state index contributed by atoms with van der Waals surface area (Å²) in [7, 11) is 0. The summed E-state index contributed by atoms with van der Waals surface area (Å²) in [4.78, 5) is 0. The van der Waals surface area contributed by atoms with Crippen LogP contribution in [0.2, 0.25) is 0 Å². The molecule has 0 spiro atoms. The van der Waals surface area contributed by atoms with Crippen molar-refractivity contribution in [3.8, 4) is 5.75 Å². The largest absolute Gasteiger partial charge is 0.504 e. The van der Waals surface area contributed by atoms with E-state index < -0.39 is 12.0 Å². The number of hydrogen-bond acceptors (Lipinski definition) is 4. The molecule has 0 saturated carbocycles. The van der Waals surface area contributed by atoms with Gasteiger partial charge >= 0.3 is 0 Å². The maximum atomic E-state index is 9.39. The summed E-state index contributed by atoms with van der Waals surface area (Å²) in [5.41, 5.74) is 0.380. The summed E-state index contributed by atoms with van der Waals surface area (Å²) < 4.78 is 4.90. The van der Waals surface area contributed by atoms with Crippen LogP contribution < -0.4 is 4.74 Å². The third kappa shape index (κ3) is 1.11. The van der Waals surface area contributed by atoms with Crippen molar-refractivity contribution < 1.29 is 20.1 Å². The van der Waals surface area contributed by atoms with E-state index in [0.717, 1.165) is 0 Å². The highest BCUT2D eigenvalue weighted by molar-refractivity contribution is 5.68. The highest BCUT2D eigenvalue weighted by Crippen LogP contribution is 2.32. The van der Waals surface area contributed by atoms with Crippen molar-refractivity contribution in [3.63, 3.8) is 0 Å². The normalized spacial score (nSPS) is 20.8. The standard InChI is InChI=1S/C9H8O4/c10-7-5-3-1-2-4-6(5)13-9(12)8(7)11/h1-4,9-12H. The minimum atomic E-state index is -1.48. The molecule has 0 bridgehead atoms. The number of rotatable bonds is 0. The van der Waals surface area contributed by atoms with Gasteiger partial charge < -0.3 is 20.1 Å². The molecule has 0 aliphatic carbocycles. The molecule has 0 saturated heterocycles. The van der Waals surface area contributed by atoms with Gasteiger partial charge in [-0.05, 0) is 12.1 Å². The Kier molecular flexibility index (Phi) is 1.63. The van der Waals surface area contributed by atoms with Crippen LogP contribution in [0.3, 0.4) is 0 Å². The molecule has 4 heteroatoms. The fraction of sp³-hybridized carbons (Fsp3) is 0.111. The zero-order valence-electron chi connectivity index (χ0n) is 6.64. The molecule has 1 unspecified atom stereocenters. The molecular formula is C9H8O4. The number of fused-ring (bicyclic) bond motifs is 1. The molecule has 1 atom stereocenters. The predicted molar refractivity (Wildman–Crippen MR) is 45.3 cm³/mol. The molecule has 0 radical (unpaired) electrons. The van der Waals surface area contributed by atoms with Crippen LogP contribution in [-0.4, -0.2) is 21.6 Å². The minimum absolute atomic E-state index is 0.339. The molecule has 1 aromatic rings. The third-order valence-electron chi connectivity index (χ3n) is 1.86. The molecule has 2 rings (SSSR count). The lowest BCUT2D eigenvalue weighted by Gasteiger charge is -2.21. The van der Waals surface area contributed by atoms with Crippen molar-refractivity contribution in [2.75, 3.05) is 0 Å². The van der Waals surface area contributed by atoms with Crippen LogP contribution in [0.1, 0.15) is 5.56 Å². The van der Waals surface area contributed by atoms with Crippen LogP contribution in [-0.2, 0) is 0 Å². The first kappa shape index (κ1) is 7.94. The van der Waals surface area contributed by atoms with Gasteiger partial charge in [-0.25, -0.2) is 0 Å². The number of aliphatic hydroxyl groups is 3. The van der Waals surface area contributed by atoms with Gasteiger partial charge in [0.1, 0.15) is 5.75 Å². The van der Waals surface area contributed by atoms with E-state index in [-0.39, 0.29) is 5.76 Å². The molecule has 13 heavy (non-hydrogen) atoms. The minimum Gasteiger partial charge on any atom is -0.504 e. The summed E-state index contributed by atoms with van der Waals surface area (Å²) in [6.07, 6.45) is -1.48. The fourth-order valence-corrected chi connectivity index (χ4v) is 1.20. The summed E-state index contributed by atoms with van der Waals surface area (Å²) in [6.45, 7) is 0. The van der Waals surface area contributed by atoms with Crippen LogP contribution in [0.25, 0.3) is 5.76 Å². The first-order chi connectivity index (χ1) is 6.20. The van der Waals surface area contributed by atoms with Crippen LogP contribution in [0, 0.1) is 0 Å². The van der Waals surface area contributed by atoms with Gasteiger partial charge in [-0.2, -0.15) is 0 Å². The van der Waals surface area contributed by atoms with Crippen molar-refractivity contribution in [3.05, 3.63) is 35.6 Å². The maximum absolute atomic E-state index is 9.39. The molecule has 0 fully saturated rings. The van der Waals surface area contributed by atoms with E-state index in [2.05, 4.69) is 0 Å². The van der Waals surface area contributed by atoms with Crippen LogP contribution in [0.15, 0.2) is 30.0 Å². The summed E-state index contributed by atoms with van der Waals surface area (Å²) in [5, 5.41) is 27.6. The molecule has 68 valence electrons. The molecule has 3 N–H and O–H groups in total. The van der Waals surface area contributed by atoms with Gasteiger partial charge in [0, 0.05) is 0 Å². The predicted octanol–water partition coefficient (Wildman–Crippen LogP) is 1.18. The Morgan fingerprint density at radius 1 is 1.15 bits per heavy atom. The van der Waals surface area contributed by atoms with E-state index in [1.165, 1.54) is 0 Å². The van der Waals surface area contributed by atoms with Gasteiger partial charge in [0.2, 0.25) is 5.76 Å².